The molecule has 5 aromatic rings. The zero-order valence-electron chi connectivity index (χ0n) is 21.4. The number of nitrogens with zero attached hydrogens (tertiary/aromatic N) is 5. The summed E-state index contributed by atoms with van der Waals surface area (Å²) in [6.07, 6.45) is 2.60. The third-order valence-corrected chi connectivity index (χ3v) is 6.72. The number of rotatable bonds is 7. The minimum atomic E-state index is -0.679. The van der Waals surface area contributed by atoms with E-state index in [0.29, 0.717) is 55.3 Å². The maximum Gasteiger partial charge on any atom is 0.263 e. The van der Waals surface area contributed by atoms with Gasteiger partial charge < -0.3 is 19.7 Å². The van der Waals surface area contributed by atoms with E-state index in [0.717, 1.165) is 22.2 Å². The lowest BCUT2D eigenvalue weighted by molar-refractivity contribution is -0.142. The van der Waals surface area contributed by atoms with Gasteiger partial charge in [-0.05, 0) is 55.0 Å². The second-order valence-electron chi connectivity index (χ2n) is 9.40. The van der Waals surface area contributed by atoms with E-state index in [-0.39, 0.29) is 11.7 Å². The Bertz CT molecular complexity index is 1640. The number of halogens is 1. The molecule has 198 valence electrons. The average Bonchev–Trinajstić information content (AvgIpc) is 3.35. The number of nitrogens with one attached hydrogen (secondary N) is 1. The molecule has 1 amide bonds. The van der Waals surface area contributed by atoms with Crippen LogP contribution in [0.4, 0.5) is 15.9 Å². The first-order valence-electron chi connectivity index (χ1n) is 12.8. The van der Waals surface area contributed by atoms with Gasteiger partial charge in [-0.2, -0.15) is 5.10 Å². The molecule has 0 saturated carbocycles. The molecule has 1 fully saturated rings. The number of carbonyl (C=O) groups excluding carboxylic acids is 1. The lowest BCUT2D eigenvalue weighted by Crippen LogP contribution is -2.46. The van der Waals surface area contributed by atoms with E-state index >= 15 is 0 Å². The molecule has 1 N–H and O–H groups in total. The number of hydrogen-bond donors (Lipinski definition) is 1. The summed E-state index contributed by atoms with van der Waals surface area (Å²) >= 11 is 0. The third-order valence-electron chi connectivity index (χ3n) is 6.72. The molecule has 1 aliphatic rings. The number of anilines is 2. The number of morpholine rings is 1. The minimum Gasteiger partial charge on any atom is -0.480 e. The quantitative estimate of drug-likeness (QED) is 0.333. The van der Waals surface area contributed by atoms with Crippen molar-refractivity contribution in [1.82, 2.24) is 24.6 Å². The molecule has 0 radical (unpaired) electrons. The summed E-state index contributed by atoms with van der Waals surface area (Å²) in [5.41, 5.74) is 3.26. The van der Waals surface area contributed by atoms with Crippen LogP contribution in [0.3, 0.4) is 0 Å². The van der Waals surface area contributed by atoms with Gasteiger partial charge in [-0.1, -0.05) is 18.2 Å². The predicted octanol–water partition coefficient (Wildman–Crippen LogP) is 4.54. The molecule has 1 atom stereocenters. The number of ether oxygens (including phenoxy) is 2. The molecule has 3 heterocycles. The van der Waals surface area contributed by atoms with Crippen molar-refractivity contribution in [3.05, 3.63) is 84.6 Å². The van der Waals surface area contributed by atoms with Gasteiger partial charge in [0.15, 0.2) is 6.10 Å². The third kappa shape index (κ3) is 5.23. The Balaban J connectivity index is 1.26. The van der Waals surface area contributed by atoms with Crippen LogP contribution in [0.2, 0.25) is 0 Å². The molecule has 1 saturated heterocycles. The zero-order chi connectivity index (χ0) is 26.8. The number of carbonyl (C=O) groups is 1. The Kier molecular flexibility index (Phi) is 6.76. The van der Waals surface area contributed by atoms with Crippen LogP contribution in [-0.2, 0) is 16.1 Å². The second kappa shape index (κ2) is 10.7. The molecule has 10 heteroatoms. The maximum atomic E-state index is 13.6. The summed E-state index contributed by atoms with van der Waals surface area (Å²) in [7, 11) is 0. The van der Waals surface area contributed by atoms with Gasteiger partial charge >= 0.3 is 0 Å². The Labute approximate surface area is 224 Å². The van der Waals surface area contributed by atoms with Crippen molar-refractivity contribution in [2.75, 3.05) is 31.6 Å². The monoisotopic (exact) mass is 526 g/mol. The van der Waals surface area contributed by atoms with E-state index in [1.165, 1.54) is 18.5 Å². The van der Waals surface area contributed by atoms with Gasteiger partial charge in [-0.3, -0.25) is 9.48 Å². The summed E-state index contributed by atoms with van der Waals surface area (Å²) in [6, 6.07) is 17.9. The zero-order valence-corrected chi connectivity index (χ0v) is 21.4. The molecule has 0 aliphatic carbocycles. The summed E-state index contributed by atoms with van der Waals surface area (Å²) in [6.45, 7) is 4.39. The number of amides is 1. The number of aromatic nitrogens is 4. The van der Waals surface area contributed by atoms with Crippen molar-refractivity contribution in [2.24, 2.45) is 0 Å². The summed E-state index contributed by atoms with van der Waals surface area (Å²) in [5, 5.41) is 9.49. The standard InChI is InChI=1S/C29H27FN6O3/c1-19(29(37)35-10-12-38-13-11-35)39-26-7-3-6-24-27(26)28(32-18-31-24)34-23-8-9-25-21(15-23)16-33-36(25)17-20-4-2-5-22(30)14-20/h2-9,14-16,18-19H,10-13,17H2,1H3,(H,31,32,34). The van der Waals surface area contributed by atoms with Crippen molar-refractivity contribution in [1.29, 1.82) is 0 Å². The first kappa shape index (κ1) is 24.7. The lowest BCUT2D eigenvalue weighted by Gasteiger charge is -2.29. The summed E-state index contributed by atoms with van der Waals surface area (Å²) < 4.78 is 27.0. The first-order valence-corrected chi connectivity index (χ1v) is 12.8. The normalized spacial score (nSPS) is 14.5. The number of benzene rings is 3. The maximum absolute atomic E-state index is 13.6. The van der Waals surface area contributed by atoms with E-state index in [2.05, 4.69) is 20.4 Å². The van der Waals surface area contributed by atoms with Crippen LogP contribution in [0.1, 0.15) is 12.5 Å². The van der Waals surface area contributed by atoms with Gasteiger partial charge in [0.1, 0.15) is 23.7 Å². The van der Waals surface area contributed by atoms with Crippen molar-refractivity contribution in [2.45, 2.75) is 19.6 Å². The van der Waals surface area contributed by atoms with Gasteiger partial charge in [0.05, 0.1) is 42.4 Å². The average molecular weight is 527 g/mol. The highest BCUT2D eigenvalue weighted by atomic mass is 19.1. The lowest BCUT2D eigenvalue weighted by atomic mass is 10.2. The van der Waals surface area contributed by atoms with Crippen LogP contribution in [0.5, 0.6) is 5.75 Å². The predicted molar refractivity (Wildman–Crippen MR) is 146 cm³/mol. The second-order valence-corrected chi connectivity index (χ2v) is 9.40. The molecule has 3 aromatic carbocycles. The molecule has 6 rings (SSSR count). The Morgan fingerprint density at radius 3 is 2.79 bits per heavy atom. The van der Waals surface area contributed by atoms with Crippen LogP contribution in [0.15, 0.2) is 73.2 Å². The van der Waals surface area contributed by atoms with E-state index in [9.17, 15) is 9.18 Å². The van der Waals surface area contributed by atoms with Crippen molar-refractivity contribution >= 4 is 39.2 Å². The van der Waals surface area contributed by atoms with Crippen molar-refractivity contribution in [3.8, 4) is 5.75 Å². The van der Waals surface area contributed by atoms with Crippen LogP contribution >= 0.6 is 0 Å². The van der Waals surface area contributed by atoms with E-state index in [4.69, 9.17) is 9.47 Å². The molecule has 9 nitrogen and oxygen atoms in total. The van der Waals surface area contributed by atoms with Gasteiger partial charge in [0.25, 0.3) is 5.91 Å². The number of fused-ring (bicyclic) bond motifs is 2. The van der Waals surface area contributed by atoms with Gasteiger partial charge in [0, 0.05) is 24.2 Å². The molecule has 1 aliphatic heterocycles. The largest absolute Gasteiger partial charge is 0.480 e. The van der Waals surface area contributed by atoms with Crippen LogP contribution in [0.25, 0.3) is 21.8 Å². The molecule has 0 bridgehead atoms. The highest BCUT2D eigenvalue weighted by molar-refractivity contribution is 5.97. The highest BCUT2D eigenvalue weighted by Gasteiger charge is 2.25. The Morgan fingerprint density at radius 2 is 1.95 bits per heavy atom. The van der Waals surface area contributed by atoms with E-state index in [1.807, 2.05) is 47.1 Å². The Morgan fingerprint density at radius 1 is 1.10 bits per heavy atom. The Hall–Kier alpha value is -4.57. The SMILES string of the molecule is CC(Oc1cccc2ncnc(Nc3ccc4c(cnn4Cc4cccc(F)c4)c3)c12)C(=O)N1CCOCC1. The van der Waals surface area contributed by atoms with E-state index in [1.54, 1.807) is 24.1 Å². The molecule has 39 heavy (non-hydrogen) atoms. The summed E-state index contributed by atoms with van der Waals surface area (Å²) in [5.74, 6) is 0.736. The molecule has 1 unspecified atom stereocenters. The summed E-state index contributed by atoms with van der Waals surface area (Å²) in [4.78, 5) is 23.6. The molecule has 2 aromatic heterocycles. The first-order chi connectivity index (χ1) is 19.0. The van der Waals surface area contributed by atoms with Gasteiger partial charge in [0.2, 0.25) is 0 Å². The fourth-order valence-corrected chi connectivity index (χ4v) is 4.79. The van der Waals surface area contributed by atoms with Crippen LogP contribution in [-0.4, -0.2) is 63.0 Å². The number of hydrogen-bond acceptors (Lipinski definition) is 7. The van der Waals surface area contributed by atoms with E-state index < -0.39 is 6.10 Å². The minimum absolute atomic E-state index is 0.0811. The fourth-order valence-electron chi connectivity index (χ4n) is 4.79. The molecular weight excluding hydrogens is 499 g/mol. The fraction of sp³-hybridized carbons (Fsp3) is 0.241. The van der Waals surface area contributed by atoms with Gasteiger partial charge in [-0.25, -0.2) is 14.4 Å². The van der Waals surface area contributed by atoms with Crippen molar-refractivity contribution < 1.29 is 18.7 Å². The van der Waals surface area contributed by atoms with Crippen molar-refractivity contribution in [3.63, 3.8) is 0 Å². The van der Waals surface area contributed by atoms with Gasteiger partial charge in [-0.15, -0.1) is 0 Å². The molecule has 0 spiro atoms. The smallest absolute Gasteiger partial charge is 0.263 e. The van der Waals surface area contributed by atoms with Crippen LogP contribution in [0, 0.1) is 5.82 Å². The topological polar surface area (TPSA) is 94.4 Å². The van der Waals surface area contributed by atoms with Crippen LogP contribution < -0.4 is 10.1 Å². The highest BCUT2D eigenvalue weighted by Crippen LogP contribution is 2.33. The molecular formula is C29H27FN6O3.